The summed E-state index contributed by atoms with van der Waals surface area (Å²) in [5.74, 6) is -1.23. The van der Waals surface area contributed by atoms with Crippen molar-refractivity contribution < 1.29 is 23.4 Å². The van der Waals surface area contributed by atoms with Crippen LogP contribution in [0.4, 0.5) is 5.69 Å². The molecule has 104 valence electrons. The second-order valence-electron chi connectivity index (χ2n) is 4.18. The number of hydrogen-bond acceptors (Lipinski definition) is 4. The first-order valence-corrected chi connectivity index (χ1v) is 7.09. The molecule has 0 radical (unpaired) electrons. The fourth-order valence-corrected chi connectivity index (χ4v) is 3.63. The number of carbonyl (C=O) groups is 1. The van der Waals surface area contributed by atoms with Crippen molar-refractivity contribution in [1.29, 1.82) is 0 Å². The van der Waals surface area contributed by atoms with Gasteiger partial charge in [-0.2, -0.15) is 12.7 Å². The van der Waals surface area contributed by atoms with E-state index >= 15 is 0 Å². The third-order valence-corrected chi connectivity index (χ3v) is 4.72. The molecule has 0 saturated carbocycles. The summed E-state index contributed by atoms with van der Waals surface area (Å²) in [6.07, 6.45) is 0.530. The summed E-state index contributed by atoms with van der Waals surface area (Å²) in [4.78, 5) is 10.7. The average molecular weight is 286 g/mol. The summed E-state index contributed by atoms with van der Waals surface area (Å²) in [6.45, 7) is -0.108. The fourth-order valence-electron chi connectivity index (χ4n) is 1.98. The lowest BCUT2D eigenvalue weighted by Gasteiger charge is -2.35. The number of aromatic hydroxyl groups is 1. The first-order valence-electron chi connectivity index (χ1n) is 5.70. The minimum absolute atomic E-state index is 0.0388. The number of carboxylic acids is 1. The molecule has 1 saturated heterocycles. The van der Waals surface area contributed by atoms with Gasteiger partial charge in [0.2, 0.25) is 0 Å². The van der Waals surface area contributed by atoms with Crippen LogP contribution in [-0.4, -0.2) is 48.5 Å². The first kappa shape index (κ1) is 13.6. The molecule has 8 heteroatoms. The predicted molar refractivity (Wildman–Crippen MR) is 68.2 cm³/mol. The molecule has 1 aliphatic rings. The zero-order valence-electron chi connectivity index (χ0n) is 10.1. The van der Waals surface area contributed by atoms with E-state index in [0.29, 0.717) is 12.1 Å². The molecule has 2 N–H and O–H groups in total. The van der Waals surface area contributed by atoms with Gasteiger partial charge in [-0.15, -0.1) is 0 Å². The average Bonchev–Trinajstić information content (AvgIpc) is 2.31. The smallest absolute Gasteiger partial charge is 0.318 e. The standard InChI is InChI=1S/C11H14N2O5S/c14-10-4-1-3-9(7-10)13-6-2-5-12(8-11(15)16)19(13,17)18/h1,3-4,7,14H,2,5-6,8H2,(H,15,16). The van der Waals surface area contributed by atoms with Crippen LogP contribution in [0.1, 0.15) is 6.42 Å². The lowest BCUT2D eigenvalue weighted by molar-refractivity contribution is -0.137. The van der Waals surface area contributed by atoms with Crippen molar-refractivity contribution in [3.63, 3.8) is 0 Å². The highest BCUT2D eigenvalue weighted by atomic mass is 32.2. The predicted octanol–water partition coefficient (Wildman–Crippen LogP) is 0.234. The number of hydrogen-bond donors (Lipinski definition) is 2. The summed E-state index contributed by atoms with van der Waals surface area (Å²) < 4.78 is 26.6. The Morgan fingerprint density at radius 2 is 2.05 bits per heavy atom. The van der Waals surface area contributed by atoms with Crippen LogP contribution in [0.3, 0.4) is 0 Å². The van der Waals surface area contributed by atoms with Crippen molar-refractivity contribution in [3.05, 3.63) is 24.3 Å². The van der Waals surface area contributed by atoms with Crippen LogP contribution in [-0.2, 0) is 15.0 Å². The minimum atomic E-state index is -3.85. The molecule has 2 rings (SSSR count). The number of rotatable bonds is 3. The van der Waals surface area contributed by atoms with Gasteiger partial charge in [0, 0.05) is 19.2 Å². The molecular formula is C11H14N2O5S. The van der Waals surface area contributed by atoms with Crippen molar-refractivity contribution in [2.24, 2.45) is 0 Å². The van der Waals surface area contributed by atoms with E-state index in [-0.39, 0.29) is 18.8 Å². The molecular weight excluding hydrogens is 272 g/mol. The van der Waals surface area contributed by atoms with Gasteiger partial charge in [0.15, 0.2) is 0 Å². The fraction of sp³-hybridized carbons (Fsp3) is 0.364. The van der Waals surface area contributed by atoms with Crippen LogP contribution in [0, 0.1) is 0 Å². The molecule has 0 amide bonds. The Morgan fingerprint density at radius 1 is 1.32 bits per heavy atom. The van der Waals surface area contributed by atoms with E-state index in [1.54, 1.807) is 6.07 Å². The summed E-state index contributed by atoms with van der Waals surface area (Å²) >= 11 is 0. The molecule has 0 aromatic heterocycles. The van der Waals surface area contributed by atoms with Crippen LogP contribution >= 0.6 is 0 Å². The highest BCUT2D eigenvalue weighted by Crippen LogP contribution is 2.27. The van der Waals surface area contributed by atoms with Gasteiger partial charge in [0.1, 0.15) is 12.3 Å². The Balaban J connectivity index is 2.33. The summed E-state index contributed by atoms with van der Waals surface area (Å²) in [5, 5.41) is 18.1. The van der Waals surface area contributed by atoms with Crippen LogP contribution < -0.4 is 4.31 Å². The van der Waals surface area contributed by atoms with Crippen LogP contribution in [0.15, 0.2) is 24.3 Å². The number of carboxylic acid groups (broad SMARTS) is 1. The van der Waals surface area contributed by atoms with E-state index in [0.717, 1.165) is 8.61 Å². The van der Waals surface area contributed by atoms with Gasteiger partial charge in [0.05, 0.1) is 5.69 Å². The number of phenolic OH excluding ortho intramolecular Hbond substituents is 1. The van der Waals surface area contributed by atoms with Gasteiger partial charge in [0.25, 0.3) is 0 Å². The maximum absolute atomic E-state index is 12.3. The molecule has 0 atom stereocenters. The quantitative estimate of drug-likeness (QED) is 0.829. The van der Waals surface area contributed by atoms with Gasteiger partial charge in [-0.25, -0.2) is 0 Å². The van der Waals surface area contributed by atoms with Crippen LogP contribution in [0.2, 0.25) is 0 Å². The molecule has 0 aliphatic carbocycles. The Hall–Kier alpha value is -1.80. The summed E-state index contributed by atoms with van der Waals surface area (Å²) in [5.41, 5.74) is 0.329. The Morgan fingerprint density at radius 3 is 2.68 bits per heavy atom. The number of aliphatic carboxylic acids is 1. The van der Waals surface area contributed by atoms with E-state index in [4.69, 9.17) is 5.11 Å². The second-order valence-corrected chi connectivity index (χ2v) is 6.03. The summed E-state index contributed by atoms with van der Waals surface area (Å²) in [6, 6.07) is 5.87. The first-order chi connectivity index (χ1) is 8.91. The zero-order chi connectivity index (χ0) is 14.0. The Bertz CT molecular complexity index is 587. The molecule has 1 aromatic carbocycles. The number of phenols is 1. The highest BCUT2D eigenvalue weighted by Gasteiger charge is 2.34. The van der Waals surface area contributed by atoms with Crippen molar-refractivity contribution >= 4 is 21.9 Å². The molecule has 1 fully saturated rings. The van der Waals surface area contributed by atoms with Crippen LogP contribution in [0.25, 0.3) is 0 Å². The molecule has 0 unspecified atom stereocenters. The Labute approximate surface area is 110 Å². The van der Waals surface area contributed by atoms with Crippen molar-refractivity contribution in [3.8, 4) is 5.75 Å². The largest absolute Gasteiger partial charge is 0.508 e. The highest BCUT2D eigenvalue weighted by molar-refractivity contribution is 7.90. The third-order valence-electron chi connectivity index (χ3n) is 2.80. The van der Waals surface area contributed by atoms with Gasteiger partial charge < -0.3 is 10.2 Å². The van der Waals surface area contributed by atoms with Gasteiger partial charge in [-0.3, -0.25) is 9.10 Å². The van der Waals surface area contributed by atoms with E-state index in [2.05, 4.69) is 0 Å². The molecule has 7 nitrogen and oxygen atoms in total. The van der Waals surface area contributed by atoms with Crippen molar-refractivity contribution in [2.75, 3.05) is 23.9 Å². The third kappa shape index (κ3) is 2.79. The molecule has 1 aliphatic heterocycles. The Kier molecular flexibility index (Phi) is 3.63. The molecule has 1 aromatic rings. The SMILES string of the molecule is O=C(O)CN1CCCN(c2cccc(O)c2)S1(=O)=O. The van der Waals surface area contributed by atoms with E-state index in [1.807, 2.05) is 0 Å². The van der Waals surface area contributed by atoms with Gasteiger partial charge >= 0.3 is 16.2 Å². The topological polar surface area (TPSA) is 98.2 Å². The maximum atomic E-state index is 12.3. The van der Waals surface area contributed by atoms with Crippen molar-refractivity contribution in [1.82, 2.24) is 4.31 Å². The van der Waals surface area contributed by atoms with Gasteiger partial charge in [-0.1, -0.05) is 6.07 Å². The molecule has 0 bridgehead atoms. The maximum Gasteiger partial charge on any atom is 0.318 e. The minimum Gasteiger partial charge on any atom is -0.508 e. The van der Waals surface area contributed by atoms with Gasteiger partial charge in [-0.05, 0) is 18.6 Å². The van der Waals surface area contributed by atoms with E-state index in [9.17, 15) is 18.3 Å². The van der Waals surface area contributed by atoms with Crippen LogP contribution in [0.5, 0.6) is 5.75 Å². The number of benzene rings is 1. The van der Waals surface area contributed by atoms with E-state index in [1.165, 1.54) is 18.2 Å². The molecule has 19 heavy (non-hydrogen) atoms. The van der Waals surface area contributed by atoms with Crippen molar-refractivity contribution in [2.45, 2.75) is 6.42 Å². The lowest BCUT2D eigenvalue weighted by atomic mass is 10.3. The lowest BCUT2D eigenvalue weighted by Crippen LogP contribution is -2.51. The summed E-state index contributed by atoms with van der Waals surface area (Å²) in [7, 11) is -3.85. The second kappa shape index (κ2) is 5.06. The number of anilines is 1. The normalized spacial score (nSPS) is 19.3. The zero-order valence-corrected chi connectivity index (χ0v) is 10.9. The molecule has 1 heterocycles. The monoisotopic (exact) mass is 286 g/mol. The number of nitrogens with zero attached hydrogens (tertiary/aromatic N) is 2. The molecule has 0 spiro atoms. The van der Waals surface area contributed by atoms with E-state index < -0.39 is 22.7 Å².